The molecule has 28 heavy (non-hydrogen) atoms. The first kappa shape index (κ1) is 18.7. The summed E-state index contributed by atoms with van der Waals surface area (Å²) < 4.78 is 13.8. The molecule has 7 heteroatoms. The van der Waals surface area contributed by atoms with Crippen LogP contribution in [0.4, 0.5) is 10.1 Å². The van der Waals surface area contributed by atoms with Crippen LogP contribution < -0.4 is 5.32 Å². The standard InChI is InChI=1S/C21H16FNO3S2/c1-27-14-7-5-11(6-8-14)15-10-16(24)23-18-17(12-3-2-4-13(22)9-12)20(21(25)26)28-19(15)18/h2-9,15H,10H2,1H3,(H,23,24)(H,25,26)/t15-/m0/s1. The van der Waals surface area contributed by atoms with E-state index in [4.69, 9.17) is 0 Å². The van der Waals surface area contributed by atoms with Gasteiger partial charge in [0.2, 0.25) is 5.91 Å². The number of carboxylic acids is 1. The van der Waals surface area contributed by atoms with Gasteiger partial charge in [0.15, 0.2) is 0 Å². The highest BCUT2D eigenvalue weighted by atomic mass is 32.2. The molecule has 1 aromatic heterocycles. The third kappa shape index (κ3) is 3.31. The number of halogens is 1. The number of aromatic carboxylic acids is 1. The van der Waals surface area contributed by atoms with Crippen LogP contribution in [-0.4, -0.2) is 23.2 Å². The van der Waals surface area contributed by atoms with Crippen molar-refractivity contribution in [3.05, 3.63) is 69.7 Å². The van der Waals surface area contributed by atoms with Crippen LogP contribution in [-0.2, 0) is 4.79 Å². The van der Waals surface area contributed by atoms with Crippen LogP contribution in [0.5, 0.6) is 0 Å². The van der Waals surface area contributed by atoms with Gasteiger partial charge < -0.3 is 10.4 Å². The Morgan fingerprint density at radius 1 is 1.25 bits per heavy atom. The summed E-state index contributed by atoms with van der Waals surface area (Å²) >= 11 is 2.77. The molecule has 3 aromatic rings. The van der Waals surface area contributed by atoms with Crippen LogP contribution in [0.2, 0.25) is 0 Å². The number of carbonyl (C=O) groups excluding carboxylic acids is 1. The van der Waals surface area contributed by atoms with Gasteiger partial charge in [-0.3, -0.25) is 4.79 Å². The minimum absolute atomic E-state index is 0.100. The molecule has 0 aliphatic carbocycles. The molecule has 0 saturated carbocycles. The molecule has 0 spiro atoms. The molecule has 4 nitrogen and oxygen atoms in total. The number of nitrogens with one attached hydrogen (secondary N) is 1. The quantitative estimate of drug-likeness (QED) is 0.558. The Hall–Kier alpha value is -2.64. The largest absolute Gasteiger partial charge is 0.477 e. The zero-order valence-corrected chi connectivity index (χ0v) is 16.5. The number of hydrogen-bond acceptors (Lipinski definition) is 4. The van der Waals surface area contributed by atoms with E-state index in [1.54, 1.807) is 17.8 Å². The minimum atomic E-state index is -1.09. The molecule has 4 rings (SSSR count). The highest BCUT2D eigenvalue weighted by Gasteiger charge is 2.34. The topological polar surface area (TPSA) is 66.4 Å². The number of hydrogen-bond donors (Lipinski definition) is 2. The van der Waals surface area contributed by atoms with Gasteiger partial charge in [-0.05, 0) is 41.6 Å². The first-order chi connectivity index (χ1) is 13.5. The van der Waals surface area contributed by atoms with Gasteiger partial charge >= 0.3 is 5.97 Å². The number of carboxylic acid groups (broad SMARTS) is 1. The lowest BCUT2D eigenvalue weighted by atomic mass is 9.88. The fourth-order valence-corrected chi connectivity index (χ4v) is 5.12. The van der Waals surface area contributed by atoms with E-state index in [9.17, 15) is 19.1 Å². The second kappa shape index (κ2) is 7.41. The van der Waals surface area contributed by atoms with Crippen LogP contribution >= 0.6 is 23.1 Å². The number of thioether (sulfide) groups is 1. The maximum Gasteiger partial charge on any atom is 0.346 e. The maximum atomic E-state index is 13.8. The van der Waals surface area contributed by atoms with Gasteiger partial charge in [0.25, 0.3) is 0 Å². The van der Waals surface area contributed by atoms with Gasteiger partial charge in [0, 0.05) is 27.7 Å². The average molecular weight is 413 g/mol. The summed E-state index contributed by atoms with van der Waals surface area (Å²) in [5.41, 5.74) is 2.24. The molecule has 1 aliphatic heterocycles. The van der Waals surface area contributed by atoms with Gasteiger partial charge in [-0.2, -0.15) is 0 Å². The number of amides is 1. The van der Waals surface area contributed by atoms with Crippen molar-refractivity contribution in [2.45, 2.75) is 17.2 Å². The number of thiophene rings is 1. The highest BCUT2D eigenvalue weighted by Crippen LogP contribution is 2.49. The van der Waals surface area contributed by atoms with Crippen molar-refractivity contribution in [2.75, 3.05) is 11.6 Å². The molecule has 0 fully saturated rings. The number of fused-ring (bicyclic) bond motifs is 1. The van der Waals surface area contributed by atoms with E-state index in [0.717, 1.165) is 26.7 Å². The summed E-state index contributed by atoms with van der Waals surface area (Å²) in [6, 6.07) is 13.7. The van der Waals surface area contributed by atoms with Crippen LogP contribution in [0.25, 0.3) is 11.1 Å². The lowest BCUT2D eigenvalue weighted by Gasteiger charge is -2.24. The lowest BCUT2D eigenvalue weighted by Crippen LogP contribution is -2.22. The molecule has 0 saturated heterocycles. The van der Waals surface area contributed by atoms with Crippen LogP contribution in [0.1, 0.15) is 32.5 Å². The molecule has 0 bridgehead atoms. The Bertz CT molecular complexity index is 1080. The first-order valence-corrected chi connectivity index (χ1v) is 10.6. The van der Waals surface area contributed by atoms with E-state index in [1.165, 1.54) is 18.2 Å². The third-order valence-electron chi connectivity index (χ3n) is 4.73. The van der Waals surface area contributed by atoms with E-state index in [1.807, 2.05) is 30.5 Å². The van der Waals surface area contributed by atoms with Gasteiger partial charge in [-0.25, -0.2) is 9.18 Å². The molecule has 0 unspecified atom stereocenters. The van der Waals surface area contributed by atoms with Gasteiger partial charge in [-0.15, -0.1) is 23.1 Å². The summed E-state index contributed by atoms with van der Waals surface area (Å²) in [5, 5.41) is 12.6. The number of anilines is 1. The normalized spacial score (nSPS) is 15.8. The van der Waals surface area contributed by atoms with Crippen molar-refractivity contribution in [1.82, 2.24) is 0 Å². The number of rotatable bonds is 4. The van der Waals surface area contributed by atoms with E-state index < -0.39 is 11.8 Å². The molecule has 2 N–H and O–H groups in total. The van der Waals surface area contributed by atoms with Crippen LogP contribution in [0, 0.1) is 5.82 Å². The fraction of sp³-hybridized carbons (Fsp3) is 0.143. The van der Waals surface area contributed by atoms with Crippen molar-refractivity contribution in [2.24, 2.45) is 0 Å². The summed E-state index contributed by atoms with van der Waals surface area (Å²) in [5.74, 6) is -1.96. The van der Waals surface area contributed by atoms with Crippen LogP contribution in [0.3, 0.4) is 0 Å². The smallest absolute Gasteiger partial charge is 0.346 e. The van der Waals surface area contributed by atoms with Crippen molar-refractivity contribution >= 4 is 40.7 Å². The Labute approximate surface area is 169 Å². The second-order valence-electron chi connectivity index (χ2n) is 6.44. The average Bonchev–Trinajstić information content (AvgIpc) is 3.07. The molecule has 2 aromatic carbocycles. The molecule has 0 radical (unpaired) electrons. The summed E-state index contributed by atoms with van der Waals surface area (Å²) in [6.45, 7) is 0. The maximum absolute atomic E-state index is 13.8. The third-order valence-corrected chi connectivity index (χ3v) is 6.77. The minimum Gasteiger partial charge on any atom is -0.477 e. The van der Waals surface area contributed by atoms with Crippen molar-refractivity contribution in [3.63, 3.8) is 0 Å². The van der Waals surface area contributed by atoms with E-state index in [-0.39, 0.29) is 23.1 Å². The predicted molar refractivity (Wildman–Crippen MR) is 110 cm³/mol. The Kier molecular flexibility index (Phi) is 4.95. The number of carbonyl (C=O) groups is 2. The molecular formula is C21H16FNO3S2. The Morgan fingerprint density at radius 3 is 2.64 bits per heavy atom. The highest BCUT2D eigenvalue weighted by molar-refractivity contribution is 7.98. The number of benzene rings is 2. The van der Waals surface area contributed by atoms with E-state index in [2.05, 4.69) is 5.32 Å². The molecule has 142 valence electrons. The summed E-state index contributed by atoms with van der Waals surface area (Å²) in [7, 11) is 0. The lowest BCUT2D eigenvalue weighted by molar-refractivity contribution is -0.116. The zero-order chi connectivity index (χ0) is 19.8. The Balaban J connectivity index is 1.90. The first-order valence-electron chi connectivity index (χ1n) is 8.57. The zero-order valence-electron chi connectivity index (χ0n) is 14.9. The molecule has 1 amide bonds. The monoisotopic (exact) mass is 413 g/mol. The van der Waals surface area contributed by atoms with E-state index >= 15 is 0 Å². The molecular weight excluding hydrogens is 397 g/mol. The van der Waals surface area contributed by atoms with Crippen molar-refractivity contribution in [1.29, 1.82) is 0 Å². The SMILES string of the molecule is CSc1ccc([C@@H]2CC(=O)Nc3c2sc(C(=O)O)c3-c2cccc(F)c2)cc1. The summed E-state index contributed by atoms with van der Waals surface area (Å²) in [6.07, 6.45) is 2.23. The second-order valence-corrected chi connectivity index (χ2v) is 8.37. The van der Waals surface area contributed by atoms with Gasteiger partial charge in [0.1, 0.15) is 10.7 Å². The van der Waals surface area contributed by atoms with Crippen molar-refractivity contribution < 1.29 is 19.1 Å². The summed E-state index contributed by atoms with van der Waals surface area (Å²) in [4.78, 5) is 26.3. The van der Waals surface area contributed by atoms with E-state index in [0.29, 0.717) is 16.8 Å². The fourth-order valence-electron chi connectivity index (χ4n) is 3.46. The molecule has 2 heterocycles. The molecule has 1 aliphatic rings. The van der Waals surface area contributed by atoms with Crippen LogP contribution in [0.15, 0.2) is 53.4 Å². The van der Waals surface area contributed by atoms with Gasteiger partial charge in [-0.1, -0.05) is 24.3 Å². The molecule has 1 atom stereocenters. The van der Waals surface area contributed by atoms with Gasteiger partial charge in [0.05, 0.1) is 5.69 Å². The Morgan fingerprint density at radius 2 is 2.00 bits per heavy atom. The predicted octanol–water partition coefficient (Wildman–Crippen LogP) is 5.45. The van der Waals surface area contributed by atoms with Crippen molar-refractivity contribution in [3.8, 4) is 11.1 Å².